The van der Waals surface area contributed by atoms with Gasteiger partial charge in [0.25, 0.3) is 7.82 Å². The number of esters is 2. The van der Waals surface area contributed by atoms with Gasteiger partial charge in [-0.3, -0.25) is 14.2 Å². The Kier molecular flexibility index (Phi) is 39.2. The molecule has 3 N–H and O–H groups in total. The van der Waals surface area contributed by atoms with E-state index in [1.807, 2.05) is 12.2 Å². The average Bonchev–Trinajstić information content (AvgIpc) is 3.17. The van der Waals surface area contributed by atoms with Crippen molar-refractivity contribution in [3.8, 4) is 0 Å². The van der Waals surface area contributed by atoms with Crippen molar-refractivity contribution in [1.29, 1.82) is 0 Å². The molecule has 1 unspecified atom stereocenters. The number of rotatable bonds is 39. The van der Waals surface area contributed by atoms with E-state index in [-0.39, 0.29) is 32.6 Å². The maximum atomic E-state index is 12.5. The number of hydrogen-bond acceptors (Lipinski definition) is 8. The van der Waals surface area contributed by atoms with Gasteiger partial charge in [-0.2, -0.15) is 0 Å². The van der Waals surface area contributed by atoms with Crippen molar-refractivity contribution >= 4 is 19.8 Å². The summed E-state index contributed by atoms with van der Waals surface area (Å²) in [6, 6.07) is 0. The fourth-order valence-corrected chi connectivity index (χ4v) is 6.26. The molecule has 0 fully saturated rings. The Balaban J connectivity index is 4.30. The fourth-order valence-electron chi connectivity index (χ4n) is 5.49. The number of unbranched alkanes of at least 4 members (excludes halogenated alkanes) is 14. The third-order valence-electron chi connectivity index (χ3n) is 8.64. The summed E-state index contributed by atoms with van der Waals surface area (Å²) in [6.45, 7) is 3.73. The SMILES string of the molecule is CC/C=C\C/C=C/C/C=C/C/C=C/C/C=C/C/C=C/CCC(=O)O[C@H](COC(=O)CCCCCCCCCCCCCCCCC)COP(=O)([O-])OCC[NH3+]. The Bertz CT molecular complexity index is 1130. The third kappa shape index (κ3) is 40.9. The van der Waals surface area contributed by atoms with Crippen LogP contribution in [0.2, 0.25) is 0 Å². The number of hydrogen-bond donors (Lipinski definition) is 1. The van der Waals surface area contributed by atoms with E-state index in [2.05, 4.69) is 80.3 Å². The molecule has 0 aromatic carbocycles. The molecule has 0 bridgehead atoms. The quantitative estimate of drug-likeness (QED) is 0.0281. The van der Waals surface area contributed by atoms with Crippen LogP contribution in [0.1, 0.15) is 168 Å². The first-order valence-electron chi connectivity index (χ1n) is 21.5. The second-order valence-corrected chi connectivity index (χ2v) is 15.3. The molecule has 0 aliphatic rings. The van der Waals surface area contributed by atoms with Gasteiger partial charge in [0.15, 0.2) is 6.10 Å². The lowest BCUT2D eigenvalue weighted by atomic mass is 10.0. The molecule has 0 aliphatic carbocycles. The lowest BCUT2D eigenvalue weighted by molar-refractivity contribution is -0.373. The Labute approximate surface area is 335 Å². The average molecular weight is 792 g/mol. The second kappa shape index (κ2) is 41.1. The van der Waals surface area contributed by atoms with Gasteiger partial charge in [-0.15, -0.1) is 0 Å². The van der Waals surface area contributed by atoms with E-state index in [1.165, 1.54) is 77.0 Å². The van der Waals surface area contributed by atoms with Crippen molar-refractivity contribution in [2.24, 2.45) is 0 Å². The van der Waals surface area contributed by atoms with Crippen LogP contribution >= 0.6 is 7.82 Å². The van der Waals surface area contributed by atoms with Gasteiger partial charge >= 0.3 is 11.9 Å². The van der Waals surface area contributed by atoms with Crippen molar-refractivity contribution < 1.29 is 43.3 Å². The summed E-state index contributed by atoms with van der Waals surface area (Å²) < 4.78 is 32.4. The molecule has 0 saturated carbocycles. The van der Waals surface area contributed by atoms with Crippen molar-refractivity contribution in [3.63, 3.8) is 0 Å². The molecule has 10 heteroatoms. The van der Waals surface area contributed by atoms with Gasteiger partial charge in [0.1, 0.15) is 13.2 Å². The standard InChI is InChI=1S/C45H78NO8P/c1-3-5-7-9-11-13-15-17-19-20-21-22-24-26-28-30-32-34-36-38-45(48)54-43(42-53-55(49,50)52-40-39-46)41-51-44(47)37-35-33-31-29-27-25-23-18-16-14-12-10-8-6-4-2/h5,7,11,13,17,19,21-22,26,28,32,34,43H,3-4,6,8-10,12,14-16,18,20,23-25,27,29-31,33,35-42,46H2,1-2H3,(H,49,50)/b7-5-,13-11+,19-17+,22-21+,28-26+,34-32+/t43-/m1/s1. The monoisotopic (exact) mass is 792 g/mol. The maximum Gasteiger partial charge on any atom is 0.306 e. The van der Waals surface area contributed by atoms with E-state index in [1.54, 1.807) is 0 Å². The number of quaternary nitrogens is 1. The molecule has 2 atom stereocenters. The Hall–Kier alpha value is -2.55. The van der Waals surface area contributed by atoms with Gasteiger partial charge in [-0.25, -0.2) is 0 Å². The highest BCUT2D eigenvalue weighted by Crippen LogP contribution is 2.38. The molecule has 0 spiro atoms. The molecular weight excluding hydrogens is 713 g/mol. The van der Waals surface area contributed by atoms with E-state index in [0.29, 0.717) is 6.42 Å². The summed E-state index contributed by atoms with van der Waals surface area (Å²) in [5.74, 6) is -0.946. The lowest BCUT2D eigenvalue weighted by Gasteiger charge is -2.25. The van der Waals surface area contributed by atoms with Crippen molar-refractivity contribution in [2.75, 3.05) is 26.4 Å². The van der Waals surface area contributed by atoms with Crippen molar-refractivity contribution in [3.05, 3.63) is 72.9 Å². The normalized spacial score (nSPS) is 14.0. The minimum Gasteiger partial charge on any atom is -0.756 e. The molecule has 0 heterocycles. The van der Waals surface area contributed by atoms with Gasteiger partial charge in [0.2, 0.25) is 0 Å². The van der Waals surface area contributed by atoms with Crippen LogP contribution < -0.4 is 10.6 Å². The molecule has 0 aromatic heterocycles. The summed E-state index contributed by atoms with van der Waals surface area (Å²) in [6.07, 6.45) is 49.4. The summed E-state index contributed by atoms with van der Waals surface area (Å²) in [4.78, 5) is 37.0. The predicted octanol–water partition coefficient (Wildman–Crippen LogP) is 10.9. The smallest absolute Gasteiger partial charge is 0.306 e. The summed E-state index contributed by atoms with van der Waals surface area (Å²) >= 11 is 0. The molecule has 0 saturated heterocycles. The van der Waals surface area contributed by atoms with Crippen molar-refractivity contribution in [2.45, 2.75) is 174 Å². The van der Waals surface area contributed by atoms with Gasteiger partial charge in [0.05, 0.1) is 13.2 Å². The number of allylic oxidation sites excluding steroid dienone is 12. The van der Waals surface area contributed by atoms with Crippen LogP contribution in [0.25, 0.3) is 0 Å². The number of ether oxygens (including phenoxy) is 2. The number of phosphoric acid groups is 1. The topological polar surface area (TPSA) is 139 Å². The first-order chi connectivity index (χ1) is 26.8. The van der Waals surface area contributed by atoms with Gasteiger partial charge < -0.3 is 29.1 Å². The zero-order valence-electron chi connectivity index (χ0n) is 34.7. The molecule has 0 rings (SSSR count). The molecule has 316 valence electrons. The Morgan fingerprint density at radius 2 is 1.00 bits per heavy atom. The Morgan fingerprint density at radius 1 is 0.564 bits per heavy atom. The van der Waals surface area contributed by atoms with Crippen LogP contribution in [-0.4, -0.2) is 44.4 Å². The molecular formula is C45H78NO8P. The highest BCUT2D eigenvalue weighted by molar-refractivity contribution is 7.45. The number of carbonyl (C=O) groups excluding carboxylic acids is 2. The van der Waals surface area contributed by atoms with Crippen LogP contribution in [0.5, 0.6) is 0 Å². The first-order valence-corrected chi connectivity index (χ1v) is 22.9. The minimum absolute atomic E-state index is 0.0960. The van der Waals surface area contributed by atoms with E-state index in [0.717, 1.165) is 57.8 Å². The zero-order valence-corrected chi connectivity index (χ0v) is 35.6. The second-order valence-electron chi connectivity index (χ2n) is 13.9. The van der Waals surface area contributed by atoms with Crippen LogP contribution in [0.15, 0.2) is 72.9 Å². The molecule has 0 aliphatic heterocycles. The third-order valence-corrected chi connectivity index (χ3v) is 9.60. The van der Waals surface area contributed by atoms with Crippen molar-refractivity contribution in [1.82, 2.24) is 0 Å². The molecule has 55 heavy (non-hydrogen) atoms. The van der Waals surface area contributed by atoms with E-state index in [4.69, 9.17) is 18.5 Å². The largest absolute Gasteiger partial charge is 0.756 e. The fraction of sp³-hybridized carbons (Fsp3) is 0.689. The predicted molar refractivity (Wildman–Crippen MR) is 225 cm³/mol. The lowest BCUT2D eigenvalue weighted by Crippen LogP contribution is -2.52. The highest BCUT2D eigenvalue weighted by atomic mass is 31.2. The first kappa shape index (κ1) is 52.5. The molecule has 9 nitrogen and oxygen atoms in total. The van der Waals surface area contributed by atoms with Crippen LogP contribution in [0.3, 0.4) is 0 Å². The van der Waals surface area contributed by atoms with Crippen LogP contribution in [0.4, 0.5) is 0 Å². The van der Waals surface area contributed by atoms with Crippen LogP contribution in [-0.2, 0) is 32.7 Å². The van der Waals surface area contributed by atoms with Gasteiger partial charge in [-0.1, -0.05) is 177 Å². The minimum atomic E-state index is -4.61. The van der Waals surface area contributed by atoms with Crippen LogP contribution in [0, 0.1) is 0 Å². The number of phosphoric ester groups is 1. The summed E-state index contributed by atoms with van der Waals surface area (Å²) in [5, 5.41) is 0. The molecule has 0 radical (unpaired) electrons. The molecule has 0 aromatic rings. The molecule has 0 amide bonds. The summed E-state index contributed by atoms with van der Waals surface area (Å²) in [7, 11) is -4.61. The Morgan fingerprint density at radius 3 is 1.45 bits per heavy atom. The maximum absolute atomic E-state index is 12.5. The van der Waals surface area contributed by atoms with E-state index >= 15 is 0 Å². The van der Waals surface area contributed by atoms with E-state index < -0.39 is 32.5 Å². The van der Waals surface area contributed by atoms with Gasteiger partial charge in [-0.05, 0) is 51.4 Å². The number of carbonyl (C=O) groups is 2. The van der Waals surface area contributed by atoms with Gasteiger partial charge in [0, 0.05) is 12.8 Å². The zero-order chi connectivity index (χ0) is 40.3. The summed E-state index contributed by atoms with van der Waals surface area (Å²) in [5.41, 5.74) is 3.54. The van der Waals surface area contributed by atoms with E-state index in [9.17, 15) is 19.0 Å². The highest BCUT2D eigenvalue weighted by Gasteiger charge is 2.21.